The molecular formula is C26H22ClIN4O3. The smallest absolute Gasteiger partial charge is 0.255 e. The Labute approximate surface area is 221 Å². The van der Waals surface area contributed by atoms with Crippen molar-refractivity contribution in [3.63, 3.8) is 0 Å². The third kappa shape index (κ3) is 4.21. The van der Waals surface area contributed by atoms with Crippen molar-refractivity contribution >= 4 is 68.5 Å². The van der Waals surface area contributed by atoms with Gasteiger partial charge in [-0.2, -0.15) is 0 Å². The lowest BCUT2D eigenvalue weighted by molar-refractivity contribution is -0.113. The lowest BCUT2D eigenvalue weighted by atomic mass is 9.94. The Bertz CT molecular complexity index is 1500. The van der Waals surface area contributed by atoms with Gasteiger partial charge in [-0.05, 0) is 59.3 Å². The van der Waals surface area contributed by atoms with Crippen LogP contribution in [0, 0.1) is 3.57 Å². The minimum absolute atomic E-state index is 0.273. The minimum Gasteiger partial charge on any atom is -0.495 e. The Kier molecular flexibility index (Phi) is 6.33. The highest BCUT2D eigenvalue weighted by molar-refractivity contribution is 14.1. The van der Waals surface area contributed by atoms with Crippen LogP contribution < -0.4 is 20.1 Å². The third-order valence-electron chi connectivity index (χ3n) is 6.00. The number of hydrogen-bond donors (Lipinski definition) is 2. The highest BCUT2D eigenvalue weighted by Crippen LogP contribution is 2.41. The summed E-state index contributed by atoms with van der Waals surface area (Å²) >= 11 is 8.53. The molecule has 0 bridgehead atoms. The minimum atomic E-state index is -0.408. The Balaban J connectivity index is 1.66. The molecule has 0 aliphatic carbocycles. The van der Waals surface area contributed by atoms with Crippen molar-refractivity contribution in [3.8, 4) is 11.5 Å². The Morgan fingerprint density at radius 1 is 1.09 bits per heavy atom. The van der Waals surface area contributed by atoms with E-state index in [-0.39, 0.29) is 5.91 Å². The van der Waals surface area contributed by atoms with Crippen LogP contribution in [-0.4, -0.2) is 29.7 Å². The Morgan fingerprint density at radius 3 is 2.60 bits per heavy atom. The predicted octanol–water partition coefficient (Wildman–Crippen LogP) is 6.35. The molecule has 5 rings (SSSR count). The number of nitrogens with one attached hydrogen (secondary N) is 2. The average molecular weight is 601 g/mol. The van der Waals surface area contributed by atoms with Gasteiger partial charge in [0.1, 0.15) is 11.5 Å². The molecule has 4 aromatic rings. The van der Waals surface area contributed by atoms with Gasteiger partial charge < -0.3 is 20.1 Å². The number of methoxy groups -OCH3 is 2. The van der Waals surface area contributed by atoms with Gasteiger partial charge in [-0.1, -0.05) is 35.9 Å². The van der Waals surface area contributed by atoms with E-state index in [0.29, 0.717) is 33.7 Å². The molecule has 1 atom stereocenters. The monoisotopic (exact) mass is 600 g/mol. The molecular weight excluding hydrogens is 579 g/mol. The van der Waals surface area contributed by atoms with Gasteiger partial charge in [0.05, 0.1) is 47.6 Å². The van der Waals surface area contributed by atoms with E-state index in [2.05, 4.69) is 39.3 Å². The van der Waals surface area contributed by atoms with Crippen molar-refractivity contribution in [2.24, 2.45) is 0 Å². The van der Waals surface area contributed by atoms with Gasteiger partial charge in [0.2, 0.25) is 5.95 Å². The summed E-state index contributed by atoms with van der Waals surface area (Å²) in [7, 11) is 3.05. The molecule has 0 unspecified atom stereocenters. The quantitative estimate of drug-likeness (QED) is 0.261. The second kappa shape index (κ2) is 9.43. The normalized spacial score (nSPS) is 14.9. The third-order valence-corrected chi connectivity index (χ3v) is 6.96. The molecule has 178 valence electrons. The number of nitrogens with zero attached hydrogens (tertiary/aromatic N) is 2. The summed E-state index contributed by atoms with van der Waals surface area (Å²) in [5.74, 6) is 1.29. The molecule has 0 spiro atoms. The van der Waals surface area contributed by atoms with Crippen molar-refractivity contribution in [3.05, 3.63) is 80.4 Å². The van der Waals surface area contributed by atoms with Crippen LogP contribution in [0.15, 0.2) is 66.2 Å². The molecule has 7 nitrogen and oxygen atoms in total. The Hall–Kier alpha value is -3.24. The lowest BCUT2D eigenvalue weighted by Gasteiger charge is -2.30. The van der Waals surface area contributed by atoms with Gasteiger partial charge in [0.25, 0.3) is 5.91 Å². The summed E-state index contributed by atoms with van der Waals surface area (Å²) in [6, 6.07) is 18.8. The molecule has 3 aromatic carbocycles. The van der Waals surface area contributed by atoms with Gasteiger partial charge in [0.15, 0.2) is 0 Å². The molecule has 0 saturated carbocycles. The van der Waals surface area contributed by atoms with E-state index in [1.54, 1.807) is 12.1 Å². The Morgan fingerprint density at radius 2 is 1.86 bits per heavy atom. The van der Waals surface area contributed by atoms with Gasteiger partial charge in [-0.25, -0.2) is 4.98 Å². The summed E-state index contributed by atoms with van der Waals surface area (Å²) < 4.78 is 13.9. The number of halogens is 2. The van der Waals surface area contributed by atoms with Crippen molar-refractivity contribution in [1.82, 2.24) is 9.55 Å². The van der Waals surface area contributed by atoms with Gasteiger partial charge in [-0.15, -0.1) is 0 Å². The number of aromatic nitrogens is 2. The predicted molar refractivity (Wildman–Crippen MR) is 147 cm³/mol. The molecule has 0 radical (unpaired) electrons. The van der Waals surface area contributed by atoms with Gasteiger partial charge >= 0.3 is 0 Å². The van der Waals surface area contributed by atoms with E-state index in [4.69, 9.17) is 26.1 Å². The largest absolute Gasteiger partial charge is 0.495 e. The lowest BCUT2D eigenvalue weighted by Crippen LogP contribution is -2.30. The summed E-state index contributed by atoms with van der Waals surface area (Å²) in [4.78, 5) is 18.7. The highest BCUT2D eigenvalue weighted by atomic mass is 127. The van der Waals surface area contributed by atoms with Gasteiger partial charge in [-0.3, -0.25) is 9.36 Å². The number of benzene rings is 3. The molecule has 2 N–H and O–H groups in total. The number of allylic oxidation sites excluding steroid dienone is 1. The molecule has 9 heteroatoms. The van der Waals surface area contributed by atoms with E-state index >= 15 is 0 Å². The zero-order chi connectivity index (χ0) is 24.7. The fourth-order valence-electron chi connectivity index (χ4n) is 4.37. The molecule has 1 aliphatic rings. The van der Waals surface area contributed by atoms with Crippen LogP contribution in [-0.2, 0) is 4.79 Å². The number of fused-ring (bicyclic) bond motifs is 3. The maximum Gasteiger partial charge on any atom is 0.255 e. The van der Waals surface area contributed by atoms with Crippen LogP contribution in [0.5, 0.6) is 11.5 Å². The summed E-state index contributed by atoms with van der Waals surface area (Å²) in [6.07, 6.45) is 0. The number of amides is 1. The standard InChI is InChI=1S/C26H22ClIN4O3/c1-14-23(25(33)29-19-13-21(34-2)17(27)12-22(19)35-3)24(15-7-6-8-16(28)11-15)31-26-30-18-9-4-5-10-20(18)32(14)26/h4-13,24H,1-3H3,(H,29,33)(H,30,31)/t24-/m0/s1. The number of para-hydroxylation sites is 2. The van der Waals surface area contributed by atoms with Crippen LogP contribution in [0.4, 0.5) is 11.6 Å². The topological polar surface area (TPSA) is 77.4 Å². The van der Waals surface area contributed by atoms with Crippen molar-refractivity contribution < 1.29 is 14.3 Å². The first-order valence-electron chi connectivity index (χ1n) is 10.8. The number of hydrogen-bond acceptors (Lipinski definition) is 5. The van der Waals surface area contributed by atoms with Crippen molar-refractivity contribution in [2.45, 2.75) is 13.0 Å². The van der Waals surface area contributed by atoms with Crippen molar-refractivity contribution in [1.29, 1.82) is 0 Å². The number of imidazole rings is 1. The summed E-state index contributed by atoms with van der Waals surface area (Å²) in [5.41, 5.74) is 4.54. The van der Waals surface area contributed by atoms with Gasteiger partial charge in [0, 0.05) is 21.4 Å². The number of carbonyl (C=O) groups excluding carboxylic acids is 1. The van der Waals surface area contributed by atoms with E-state index < -0.39 is 6.04 Å². The highest BCUT2D eigenvalue weighted by Gasteiger charge is 2.33. The first-order chi connectivity index (χ1) is 16.9. The maximum absolute atomic E-state index is 13.9. The zero-order valence-corrected chi connectivity index (χ0v) is 22.1. The van der Waals surface area contributed by atoms with Crippen LogP contribution in [0.25, 0.3) is 16.7 Å². The SMILES string of the molecule is COc1cc(NC(=O)C2=C(C)n3c(nc4ccccc43)N[C@H]2c2cccc(I)c2)c(OC)cc1Cl. The maximum atomic E-state index is 13.9. The zero-order valence-electron chi connectivity index (χ0n) is 19.2. The second-order valence-electron chi connectivity index (χ2n) is 8.03. The molecule has 1 aromatic heterocycles. The van der Waals surface area contributed by atoms with E-state index in [1.165, 1.54) is 14.2 Å². The van der Waals surface area contributed by atoms with Crippen LogP contribution in [0.1, 0.15) is 18.5 Å². The molecule has 1 aliphatic heterocycles. The number of rotatable bonds is 5. The number of anilines is 2. The molecule has 35 heavy (non-hydrogen) atoms. The number of carbonyl (C=O) groups is 1. The fraction of sp³-hybridized carbons (Fsp3) is 0.154. The summed E-state index contributed by atoms with van der Waals surface area (Å²) in [5, 5.41) is 6.90. The molecule has 0 saturated heterocycles. The molecule has 1 amide bonds. The van der Waals surface area contributed by atoms with Crippen LogP contribution in [0.2, 0.25) is 5.02 Å². The average Bonchev–Trinajstić information content (AvgIpc) is 3.23. The van der Waals surface area contributed by atoms with E-state index in [9.17, 15) is 4.79 Å². The molecule has 0 fully saturated rings. The van der Waals surface area contributed by atoms with Crippen LogP contribution >= 0.6 is 34.2 Å². The molecule has 2 heterocycles. The number of ether oxygens (including phenoxy) is 2. The van der Waals surface area contributed by atoms with Crippen molar-refractivity contribution in [2.75, 3.05) is 24.9 Å². The first kappa shape index (κ1) is 23.5. The van der Waals surface area contributed by atoms with E-state index in [1.807, 2.05) is 54.0 Å². The van der Waals surface area contributed by atoms with E-state index in [0.717, 1.165) is 25.9 Å². The van der Waals surface area contributed by atoms with Crippen LogP contribution in [0.3, 0.4) is 0 Å². The second-order valence-corrected chi connectivity index (χ2v) is 9.68. The fourth-order valence-corrected chi connectivity index (χ4v) is 5.17. The summed E-state index contributed by atoms with van der Waals surface area (Å²) in [6.45, 7) is 1.94. The first-order valence-corrected chi connectivity index (χ1v) is 12.3.